The average molecular weight is 371 g/mol. The molecule has 3 unspecified atom stereocenters. The Labute approximate surface area is 161 Å². The van der Waals surface area contributed by atoms with Crippen molar-refractivity contribution in [3.8, 4) is 0 Å². The Kier molecular flexibility index (Phi) is 6.87. The van der Waals surface area contributed by atoms with Gasteiger partial charge >= 0.3 is 0 Å². The third kappa shape index (κ3) is 4.75. The Morgan fingerprint density at radius 3 is 2.38 bits per heavy atom. The molecule has 0 saturated heterocycles. The summed E-state index contributed by atoms with van der Waals surface area (Å²) in [6.45, 7) is 0. The maximum Gasteiger partial charge on any atom is 0.142 e. The highest BCUT2D eigenvalue weighted by Crippen LogP contribution is 2.36. The lowest BCUT2D eigenvalue weighted by Crippen LogP contribution is -2.32. The van der Waals surface area contributed by atoms with Gasteiger partial charge < -0.3 is 4.74 Å². The van der Waals surface area contributed by atoms with Crippen molar-refractivity contribution in [2.45, 2.75) is 44.6 Å². The van der Waals surface area contributed by atoms with Crippen molar-refractivity contribution < 1.29 is 9.53 Å². The quantitative estimate of drug-likeness (QED) is 0.641. The Hall–Kier alpha value is -1.64. The van der Waals surface area contributed by atoms with Crippen molar-refractivity contribution >= 4 is 17.4 Å². The standard InChI is InChI=1S/C23H27ClO2/c1-26-23(18-12-14-20(24)15-13-18)21-11-7-3-6-10-19(22(21)25)16-17-8-4-2-5-9-17/h2,4-5,8-9,12-15,19,21,23H,3,6-7,10-11,16H2,1H3. The van der Waals surface area contributed by atoms with Crippen LogP contribution in [0.1, 0.15) is 49.3 Å². The topological polar surface area (TPSA) is 26.3 Å². The molecule has 3 atom stereocenters. The first-order valence-corrected chi connectivity index (χ1v) is 9.92. The second-order valence-corrected chi connectivity index (χ2v) is 7.68. The molecular formula is C23H27ClO2. The fourth-order valence-corrected chi connectivity index (χ4v) is 4.23. The number of ketones is 1. The van der Waals surface area contributed by atoms with E-state index in [9.17, 15) is 4.79 Å². The lowest BCUT2D eigenvalue weighted by molar-refractivity contribution is -0.132. The summed E-state index contributed by atoms with van der Waals surface area (Å²) in [5.41, 5.74) is 2.28. The van der Waals surface area contributed by atoms with E-state index >= 15 is 0 Å². The summed E-state index contributed by atoms with van der Waals surface area (Å²) in [5, 5.41) is 0.703. The van der Waals surface area contributed by atoms with E-state index in [1.54, 1.807) is 7.11 Å². The predicted molar refractivity (Wildman–Crippen MR) is 106 cm³/mol. The van der Waals surface area contributed by atoms with Gasteiger partial charge in [0, 0.05) is 24.0 Å². The van der Waals surface area contributed by atoms with Gasteiger partial charge in [-0.15, -0.1) is 0 Å². The molecule has 1 fully saturated rings. The Morgan fingerprint density at radius 2 is 1.69 bits per heavy atom. The van der Waals surface area contributed by atoms with Crippen LogP contribution in [0.2, 0.25) is 5.02 Å². The molecule has 2 nitrogen and oxygen atoms in total. The van der Waals surface area contributed by atoms with Gasteiger partial charge in [-0.25, -0.2) is 0 Å². The van der Waals surface area contributed by atoms with E-state index < -0.39 is 0 Å². The predicted octanol–water partition coefficient (Wildman–Crippen LogP) is 6.04. The van der Waals surface area contributed by atoms with E-state index in [4.69, 9.17) is 16.3 Å². The lowest BCUT2D eigenvalue weighted by atomic mass is 9.76. The number of carbonyl (C=O) groups excluding carboxylic acids is 1. The van der Waals surface area contributed by atoms with Crippen LogP contribution in [-0.4, -0.2) is 12.9 Å². The highest BCUT2D eigenvalue weighted by atomic mass is 35.5. The molecule has 0 aliphatic heterocycles. The minimum Gasteiger partial charge on any atom is -0.376 e. The van der Waals surface area contributed by atoms with Crippen molar-refractivity contribution in [1.29, 1.82) is 0 Å². The molecule has 1 aliphatic rings. The van der Waals surface area contributed by atoms with Crippen molar-refractivity contribution in [3.05, 3.63) is 70.7 Å². The van der Waals surface area contributed by atoms with Crippen LogP contribution in [-0.2, 0) is 16.0 Å². The summed E-state index contributed by atoms with van der Waals surface area (Å²) in [5.74, 6) is 0.346. The number of rotatable bonds is 5. The van der Waals surface area contributed by atoms with E-state index in [1.807, 2.05) is 42.5 Å². The number of halogens is 1. The zero-order valence-corrected chi connectivity index (χ0v) is 16.1. The molecule has 0 spiro atoms. The fourth-order valence-electron chi connectivity index (χ4n) is 4.11. The monoisotopic (exact) mass is 370 g/mol. The molecule has 1 aliphatic carbocycles. The van der Waals surface area contributed by atoms with Crippen molar-refractivity contribution in [3.63, 3.8) is 0 Å². The molecule has 2 aromatic rings. The summed E-state index contributed by atoms with van der Waals surface area (Å²) < 4.78 is 5.82. The van der Waals surface area contributed by atoms with Gasteiger partial charge in [-0.2, -0.15) is 0 Å². The largest absolute Gasteiger partial charge is 0.376 e. The maximum atomic E-state index is 13.4. The number of hydrogen-bond acceptors (Lipinski definition) is 2. The van der Waals surface area contributed by atoms with Gasteiger partial charge in [-0.3, -0.25) is 4.79 Å². The second kappa shape index (κ2) is 9.34. The molecule has 26 heavy (non-hydrogen) atoms. The molecule has 1 saturated carbocycles. The number of Topliss-reactive ketones (excluding diaryl/α,β-unsaturated/α-hetero) is 1. The Bertz CT molecular complexity index is 696. The molecular weight excluding hydrogens is 344 g/mol. The van der Waals surface area contributed by atoms with Crippen molar-refractivity contribution in [2.75, 3.05) is 7.11 Å². The molecule has 0 heterocycles. The van der Waals surface area contributed by atoms with Crippen LogP contribution >= 0.6 is 11.6 Å². The van der Waals surface area contributed by atoms with Crippen LogP contribution in [0.3, 0.4) is 0 Å². The molecule has 138 valence electrons. The number of ether oxygens (including phenoxy) is 1. The van der Waals surface area contributed by atoms with E-state index in [0.29, 0.717) is 10.8 Å². The van der Waals surface area contributed by atoms with E-state index in [-0.39, 0.29) is 17.9 Å². The summed E-state index contributed by atoms with van der Waals surface area (Å²) in [6, 6.07) is 18.1. The minimum atomic E-state index is -0.198. The Morgan fingerprint density at radius 1 is 1.00 bits per heavy atom. The van der Waals surface area contributed by atoms with Gasteiger partial charge in [0.1, 0.15) is 5.78 Å². The first-order chi connectivity index (χ1) is 12.7. The van der Waals surface area contributed by atoms with Crippen LogP contribution in [0.25, 0.3) is 0 Å². The highest BCUT2D eigenvalue weighted by Gasteiger charge is 2.34. The SMILES string of the molecule is COC(c1ccc(Cl)cc1)C1CCCCCC(Cc2ccccc2)C1=O. The Balaban J connectivity index is 1.83. The van der Waals surface area contributed by atoms with Gasteiger partial charge in [-0.05, 0) is 42.5 Å². The number of benzene rings is 2. The van der Waals surface area contributed by atoms with E-state index in [1.165, 1.54) is 12.0 Å². The van der Waals surface area contributed by atoms with Crippen LogP contribution in [0.5, 0.6) is 0 Å². The molecule has 3 heteroatoms. The normalized spacial score (nSPS) is 22.5. The van der Waals surface area contributed by atoms with Gasteiger partial charge in [0.05, 0.1) is 6.10 Å². The first kappa shape index (κ1) is 19.1. The zero-order valence-electron chi connectivity index (χ0n) is 15.4. The third-order valence-electron chi connectivity index (χ3n) is 5.48. The molecule has 0 N–H and O–H groups in total. The zero-order chi connectivity index (χ0) is 18.4. The number of methoxy groups -OCH3 is 1. The summed E-state index contributed by atoms with van der Waals surface area (Å²) >= 11 is 6.03. The molecule has 0 bridgehead atoms. The smallest absolute Gasteiger partial charge is 0.142 e. The lowest BCUT2D eigenvalue weighted by Gasteiger charge is -2.31. The molecule has 0 radical (unpaired) electrons. The first-order valence-electron chi connectivity index (χ1n) is 9.55. The van der Waals surface area contributed by atoms with Crippen molar-refractivity contribution in [2.24, 2.45) is 11.8 Å². The molecule has 0 aromatic heterocycles. The van der Waals surface area contributed by atoms with Gasteiger partial charge in [0.15, 0.2) is 0 Å². The van der Waals surface area contributed by atoms with E-state index in [2.05, 4.69) is 12.1 Å². The number of carbonyl (C=O) groups is 1. The average Bonchev–Trinajstić information content (AvgIpc) is 2.66. The van der Waals surface area contributed by atoms with Crippen LogP contribution in [0, 0.1) is 11.8 Å². The van der Waals surface area contributed by atoms with Gasteiger partial charge in [0.25, 0.3) is 0 Å². The summed E-state index contributed by atoms with van der Waals surface area (Å²) in [7, 11) is 1.71. The molecule has 3 rings (SSSR count). The molecule has 0 amide bonds. The van der Waals surface area contributed by atoms with E-state index in [0.717, 1.165) is 37.7 Å². The summed E-state index contributed by atoms with van der Waals surface area (Å²) in [4.78, 5) is 13.4. The van der Waals surface area contributed by atoms with Gasteiger partial charge in [0.2, 0.25) is 0 Å². The fraction of sp³-hybridized carbons (Fsp3) is 0.435. The van der Waals surface area contributed by atoms with Crippen molar-refractivity contribution in [1.82, 2.24) is 0 Å². The molecule has 2 aromatic carbocycles. The maximum absolute atomic E-state index is 13.4. The summed E-state index contributed by atoms with van der Waals surface area (Å²) in [6.07, 6.45) is 5.90. The van der Waals surface area contributed by atoms with Crippen LogP contribution in [0.4, 0.5) is 0 Å². The minimum absolute atomic E-state index is 0.0765. The third-order valence-corrected chi connectivity index (χ3v) is 5.73. The van der Waals surface area contributed by atoms with Crippen LogP contribution < -0.4 is 0 Å². The van der Waals surface area contributed by atoms with Crippen LogP contribution in [0.15, 0.2) is 54.6 Å². The number of hydrogen-bond donors (Lipinski definition) is 0. The second-order valence-electron chi connectivity index (χ2n) is 7.24. The highest BCUT2D eigenvalue weighted by molar-refractivity contribution is 6.30. The van der Waals surface area contributed by atoms with Gasteiger partial charge in [-0.1, -0.05) is 73.3 Å².